The number of carbonyl (C=O) groups excluding carboxylic acids is 2. The predicted octanol–water partition coefficient (Wildman–Crippen LogP) is 3.98. The molecule has 1 heterocycles. The normalized spacial score (nSPS) is 14.9. The van der Waals surface area contributed by atoms with Crippen molar-refractivity contribution in [1.82, 2.24) is 4.90 Å². The first-order valence-corrected chi connectivity index (χ1v) is 9.24. The smallest absolute Gasteiger partial charge is 0.338 e. The summed E-state index contributed by atoms with van der Waals surface area (Å²) in [5.74, 6) is -0.0440. The summed E-state index contributed by atoms with van der Waals surface area (Å²) in [5, 5.41) is 0.552. The van der Waals surface area contributed by atoms with E-state index in [9.17, 15) is 9.59 Å². The van der Waals surface area contributed by atoms with Crippen LogP contribution in [-0.4, -0.2) is 36.5 Å². The van der Waals surface area contributed by atoms with Gasteiger partial charge in [-0.05, 0) is 55.0 Å². The molecule has 1 saturated heterocycles. The molecule has 0 unspecified atom stereocenters. The molecule has 1 aliphatic heterocycles. The van der Waals surface area contributed by atoms with Gasteiger partial charge in [0.15, 0.2) is 6.61 Å². The number of benzene rings is 2. The molecule has 0 saturated carbocycles. The van der Waals surface area contributed by atoms with Gasteiger partial charge in [0.2, 0.25) is 0 Å². The number of rotatable bonds is 5. The number of piperidine rings is 1. The van der Waals surface area contributed by atoms with Crippen molar-refractivity contribution in [2.45, 2.75) is 19.3 Å². The minimum absolute atomic E-state index is 0.134. The third-order valence-electron chi connectivity index (χ3n) is 4.74. The van der Waals surface area contributed by atoms with E-state index in [1.807, 2.05) is 6.07 Å². The number of likely N-dealkylation sites (tertiary alicyclic amines) is 1. The lowest BCUT2D eigenvalue weighted by atomic mass is 9.90. The zero-order chi connectivity index (χ0) is 18.4. The Kier molecular flexibility index (Phi) is 6.29. The molecule has 0 aliphatic carbocycles. The Bertz CT molecular complexity index is 738. The number of ether oxygens (including phenoxy) is 1. The molecule has 0 bridgehead atoms. The van der Waals surface area contributed by atoms with Gasteiger partial charge in [-0.15, -0.1) is 0 Å². The predicted molar refractivity (Wildman–Crippen MR) is 101 cm³/mol. The van der Waals surface area contributed by atoms with Crippen molar-refractivity contribution in [3.8, 4) is 0 Å². The largest absolute Gasteiger partial charge is 0.452 e. The summed E-state index contributed by atoms with van der Waals surface area (Å²) in [6.07, 6.45) is 3.01. The van der Waals surface area contributed by atoms with Gasteiger partial charge in [0.25, 0.3) is 5.91 Å². The van der Waals surface area contributed by atoms with Gasteiger partial charge in [-0.2, -0.15) is 0 Å². The number of halogens is 1. The van der Waals surface area contributed by atoms with Gasteiger partial charge in [0.05, 0.1) is 5.56 Å². The number of esters is 1. The maximum absolute atomic E-state index is 12.3. The Morgan fingerprint density at radius 1 is 1.00 bits per heavy atom. The van der Waals surface area contributed by atoms with Crippen molar-refractivity contribution in [1.29, 1.82) is 0 Å². The van der Waals surface area contributed by atoms with Gasteiger partial charge in [-0.1, -0.05) is 41.9 Å². The molecule has 26 heavy (non-hydrogen) atoms. The van der Waals surface area contributed by atoms with Crippen LogP contribution in [0.15, 0.2) is 54.6 Å². The van der Waals surface area contributed by atoms with Crippen LogP contribution in [0.2, 0.25) is 5.02 Å². The van der Waals surface area contributed by atoms with Crippen molar-refractivity contribution in [3.05, 3.63) is 70.7 Å². The highest BCUT2D eigenvalue weighted by atomic mass is 35.5. The molecule has 1 amide bonds. The van der Waals surface area contributed by atoms with E-state index in [0.29, 0.717) is 16.5 Å². The third-order valence-corrected chi connectivity index (χ3v) is 4.99. The summed E-state index contributed by atoms with van der Waals surface area (Å²) in [6, 6.07) is 16.9. The van der Waals surface area contributed by atoms with Gasteiger partial charge in [0, 0.05) is 18.1 Å². The van der Waals surface area contributed by atoms with E-state index in [1.165, 1.54) is 5.56 Å². The summed E-state index contributed by atoms with van der Waals surface area (Å²) in [6.45, 7) is 1.22. The SMILES string of the molecule is O=C(OCC(=O)N1CCC(Cc2ccccc2)CC1)c1ccc(Cl)cc1. The molecule has 1 fully saturated rings. The molecule has 0 atom stereocenters. The second-order valence-electron chi connectivity index (χ2n) is 6.60. The van der Waals surface area contributed by atoms with Gasteiger partial charge in [0.1, 0.15) is 0 Å². The summed E-state index contributed by atoms with van der Waals surface area (Å²) in [5.41, 5.74) is 1.73. The fourth-order valence-corrected chi connectivity index (χ4v) is 3.35. The minimum Gasteiger partial charge on any atom is -0.452 e. The lowest BCUT2D eigenvalue weighted by Crippen LogP contribution is -2.41. The van der Waals surface area contributed by atoms with Crippen molar-refractivity contribution >= 4 is 23.5 Å². The topological polar surface area (TPSA) is 46.6 Å². The van der Waals surface area contributed by atoms with Gasteiger partial charge < -0.3 is 9.64 Å². The molecule has 0 N–H and O–H groups in total. The standard InChI is InChI=1S/C21H22ClNO3/c22-19-8-6-18(7-9-19)21(25)26-15-20(24)23-12-10-17(11-13-23)14-16-4-2-1-3-5-16/h1-9,17H,10-15H2. The summed E-state index contributed by atoms with van der Waals surface area (Å²) < 4.78 is 5.13. The highest BCUT2D eigenvalue weighted by Crippen LogP contribution is 2.21. The Balaban J connectivity index is 1.42. The quantitative estimate of drug-likeness (QED) is 0.747. The summed E-state index contributed by atoms with van der Waals surface area (Å²) in [4.78, 5) is 26.0. The summed E-state index contributed by atoms with van der Waals surface area (Å²) in [7, 11) is 0. The molecule has 2 aromatic carbocycles. The molecule has 136 valence electrons. The van der Waals surface area contributed by atoms with Crippen LogP contribution >= 0.6 is 11.6 Å². The summed E-state index contributed by atoms with van der Waals surface area (Å²) >= 11 is 5.80. The lowest BCUT2D eigenvalue weighted by molar-refractivity contribution is -0.135. The molecule has 0 radical (unpaired) electrons. The molecule has 5 heteroatoms. The minimum atomic E-state index is -0.506. The molecule has 2 aromatic rings. The highest BCUT2D eigenvalue weighted by molar-refractivity contribution is 6.30. The van der Waals surface area contributed by atoms with Crippen LogP contribution in [0.4, 0.5) is 0 Å². The first-order valence-electron chi connectivity index (χ1n) is 8.86. The van der Waals surface area contributed by atoms with E-state index in [-0.39, 0.29) is 12.5 Å². The molecule has 1 aliphatic rings. The van der Waals surface area contributed by atoms with Crippen LogP contribution in [0, 0.1) is 5.92 Å². The fraction of sp³-hybridized carbons (Fsp3) is 0.333. The number of nitrogens with zero attached hydrogens (tertiary/aromatic N) is 1. The molecule has 0 spiro atoms. The number of hydrogen-bond acceptors (Lipinski definition) is 3. The molecule has 3 rings (SSSR count). The van der Waals surface area contributed by atoms with E-state index in [2.05, 4.69) is 24.3 Å². The Morgan fingerprint density at radius 2 is 1.65 bits per heavy atom. The highest BCUT2D eigenvalue weighted by Gasteiger charge is 2.23. The van der Waals surface area contributed by atoms with Crippen molar-refractivity contribution in [2.75, 3.05) is 19.7 Å². The van der Waals surface area contributed by atoms with Crippen molar-refractivity contribution in [2.24, 2.45) is 5.92 Å². The van der Waals surface area contributed by atoms with Crippen LogP contribution < -0.4 is 0 Å². The van der Waals surface area contributed by atoms with E-state index in [1.54, 1.807) is 29.2 Å². The van der Waals surface area contributed by atoms with Crippen molar-refractivity contribution in [3.63, 3.8) is 0 Å². The Morgan fingerprint density at radius 3 is 2.31 bits per heavy atom. The van der Waals surface area contributed by atoms with E-state index >= 15 is 0 Å². The van der Waals surface area contributed by atoms with Gasteiger partial charge >= 0.3 is 5.97 Å². The molecular weight excluding hydrogens is 350 g/mol. The zero-order valence-electron chi connectivity index (χ0n) is 14.6. The first kappa shape index (κ1) is 18.5. The van der Waals surface area contributed by atoms with Crippen LogP contribution in [0.5, 0.6) is 0 Å². The maximum Gasteiger partial charge on any atom is 0.338 e. The molecular formula is C21H22ClNO3. The molecule has 4 nitrogen and oxygen atoms in total. The van der Waals surface area contributed by atoms with Crippen LogP contribution in [0.25, 0.3) is 0 Å². The van der Waals surface area contributed by atoms with Gasteiger partial charge in [-0.25, -0.2) is 4.79 Å². The number of amides is 1. The Hall–Kier alpha value is -2.33. The average molecular weight is 372 g/mol. The third kappa shape index (κ3) is 5.09. The average Bonchev–Trinajstić information content (AvgIpc) is 2.68. The fourth-order valence-electron chi connectivity index (χ4n) is 3.22. The Labute approximate surface area is 158 Å². The van der Waals surface area contributed by atoms with E-state index < -0.39 is 5.97 Å². The van der Waals surface area contributed by atoms with Crippen LogP contribution in [0.1, 0.15) is 28.8 Å². The van der Waals surface area contributed by atoms with Crippen molar-refractivity contribution < 1.29 is 14.3 Å². The van der Waals surface area contributed by atoms with E-state index in [0.717, 1.165) is 32.4 Å². The van der Waals surface area contributed by atoms with Crippen LogP contribution in [-0.2, 0) is 16.0 Å². The maximum atomic E-state index is 12.3. The van der Waals surface area contributed by atoms with Gasteiger partial charge in [-0.3, -0.25) is 4.79 Å². The van der Waals surface area contributed by atoms with E-state index in [4.69, 9.17) is 16.3 Å². The lowest BCUT2D eigenvalue weighted by Gasteiger charge is -2.32. The monoisotopic (exact) mass is 371 g/mol. The molecule has 0 aromatic heterocycles. The second-order valence-corrected chi connectivity index (χ2v) is 7.03. The van der Waals surface area contributed by atoms with Crippen LogP contribution in [0.3, 0.4) is 0 Å². The number of carbonyl (C=O) groups is 2. The second kappa shape index (κ2) is 8.86. The first-order chi connectivity index (χ1) is 12.6. The zero-order valence-corrected chi connectivity index (χ0v) is 15.3. The number of hydrogen-bond donors (Lipinski definition) is 0.